The van der Waals surface area contributed by atoms with Gasteiger partial charge in [0, 0.05) is 6.61 Å². The third-order valence-corrected chi connectivity index (χ3v) is 4.70. The van der Waals surface area contributed by atoms with Gasteiger partial charge in [-0.1, -0.05) is 25.7 Å². The van der Waals surface area contributed by atoms with E-state index in [1.54, 1.807) is 0 Å². The highest BCUT2D eigenvalue weighted by Crippen LogP contribution is 2.36. The van der Waals surface area contributed by atoms with E-state index in [9.17, 15) is 4.79 Å². The summed E-state index contributed by atoms with van der Waals surface area (Å²) in [5.41, 5.74) is 10.8. The van der Waals surface area contributed by atoms with Crippen molar-refractivity contribution in [1.82, 2.24) is 0 Å². The Morgan fingerprint density at radius 1 is 1.17 bits per heavy atom. The summed E-state index contributed by atoms with van der Waals surface area (Å²) in [6.45, 7) is 0.724. The number of rotatable bonds is 5. The fourth-order valence-electron chi connectivity index (χ4n) is 3.44. The van der Waals surface area contributed by atoms with Crippen LogP contribution in [0.3, 0.4) is 0 Å². The minimum atomic E-state index is -0.782. The highest BCUT2D eigenvalue weighted by Gasteiger charge is 2.43. The van der Waals surface area contributed by atoms with Gasteiger partial charge in [0.25, 0.3) is 0 Å². The second-order valence-electron chi connectivity index (χ2n) is 5.91. The number of primary amides is 1. The van der Waals surface area contributed by atoms with Crippen LogP contribution in [0.4, 0.5) is 0 Å². The van der Waals surface area contributed by atoms with Crippen molar-refractivity contribution in [3.05, 3.63) is 0 Å². The molecule has 0 radical (unpaired) electrons. The monoisotopic (exact) mass is 254 g/mol. The molecule has 2 atom stereocenters. The summed E-state index contributed by atoms with van der Waals surface area (Å²) in [4.78, 5) is 11.5. The SMILES string of the molecule is NC(=O)C1(N)CCCC1CCOC1CCCCC1. The lowest BCUT2D eigenvalue weighted by atomic mass is 9.85. The minimum Gasteiger partial charge on any atom is -0.378 e. The zero-order chi connectivity index (χ0) is 13.0. The molecule has 2 rings (SSSR count). The van der Waals surface area contributed by atoms with E-state index in [0.29, 0.717) is 6.10 Å². The van der Waals surface area contributed by atoms with Crippen LogP contribution in [0.15, 0.2) is 0 Å². The summed E-state index contributed by atoms with van der Waals surface area (Å²) >= 11 is 0. The standard InChI is InChI=1S/C14H26N2O2/c15-13(17)14(16)9-4-5-11(14)8-10-18-12-6-2-1-3-7-12/h11-12H,1-10,16H2,(H2,15,17). The van der Waals surface area contributed by atoms with Crippen LogP contribution in [-0.4, -0.2) is 24.2 Å². The fourth-order valence-corrected chi connectivity index (χ4v) is 3.44. The van der Waals surface area contributed by atoms with E-state index in [-0.39, 0.29) is 11.8 Å². The summed E-state index contributed by atoms with van der Waals surface area (Å²) in [7, 11) is 0. The van der Waals surface area contributed by atoms with Crippen molar-refractivity contribution in [3.63, 3.8) is 0 Å². The Hall–Kier alpha value is -0.610. The molecule has 0 aliphatic heterocycles. The van der Waals surface area contributed by atoms with Crippen LogP contribution < -0.4 is 11.5 Å². The zero-order valence-corrected chi connectivity index (χ0v) is 11.2. The highest BCUT2D eigenvalue weighted by atomic mass is 16.5. The zero-order valence-electron chi connectivity index (χ0n) is 11.2. The Balaban J connectivity index is 1.74. The Morgan fingerprint density at radius 3 is 2.56 bits per heavy atom. The first-order chi connectivity index (χ1) is 8.63. The summed E-state index contributed by atoms with van der Waals surface area (Å²) in [5.74, 6) is -0.138. The predicted molar refractivity (Wildman–Crippen MR) is 70.9 cm³/mol. The molecule has 4 N–H and O–H groups in total. The summed E-state index contributed by atoms with van der Waals surface area (Å²) < 4.78 is 5.91. The smallest absolute Gasteiger partial charge is 0.237 e. The molecular formula is C14H26N2O2. The number of carbonyl (C=O) groups is 1. The van der Waals surface area contributed by atoms with Crippen molar-refractivity contribution < 1.29 is 9.53 Å². The van der Waals surface area contributed by atoms with Crippen LogP contribution in [0.25, 0.3) is 0 Å². The minimum absolute atomic E-state index is 0.207. The Morgan fingerprint density at radius 2 is 1.89 bits per heavy atom. The molecule has 0 aromatic heterocycles. The van der Waals surface area contributed by atoms with Gasteiger partial charge in [0.2, 0.25) is 5.91 Å². The average Bonchev–Trinajstić information content (AvgIpc) is 2.74. The molecular weight excluding hydrogens is 228 g/mol. The molecule has 0 aromatic rings. The van der Waals surface area contributed by atoms with Gasteiger partial charge >= 0.3 is 0 Å². The first-order valence-electron chi connectivity index (χ1n) is 7.33. The normalized spacial score (nSPS) is 33.7. The molecule has 0 heterocycles. The van der Waals surface area contributed by atoms with Crippen molar-refractivity contribution >= 4 is 5.91 Å². The third-order valence-electron chi connectivity index (χ3n) is 4.70. The molecule has 2 aliphatic carbocycles. The first-order valence-corrected chi connectivity index (χ1v) is 7.33. The topological polar surface area (TPSA) is 78.3 Å². The van der Waals surface area contributed by atoms with Crippen molar-refractivity contribution in [2.75, 3.05) is 6.61 Å². The summed E-state index contributed by atoms with van der Waals surface area (Å²) in [6, 6.07) is 0. The van der Waals surface area contributed by atoms with E-state index in [2.05, 4.69) is 0 Å². The Bertz CT molecular complexity index is 290. The maximum Gasteiger partial charge on any atom is 0.237 e. The molecule has 1 amide bonds. The van der Waals surface area contributed by atoms with Crippen LogP contribution in [0.2, 0.25) is 0 Å². The lowest BCUT2D eigenvalue weighted by Crippen LogP contribution is -2.54. The van der Waals surface area contributed by atoms with E-state index in [1.807, 2.05) is 0 Å². The largest absolute Gasteiger partial charge is 0.378 e. The molecule has 0 bridgehead atoms. The number of ether oxygens (including phenoxy) is 1. The number of hydrogen-bond acceptors (Lipinski definition) is 3. The van der Waals surface area contributed by atoms with Crippen molar-refractivity contribution in [2.45, 2.75) is 69.4 Å². The maximum absolute atomic E-state index is 11.5. The first kappa shape index (κ1) is 13.8. The lowest BCUT2D eigenvalue weighted by Gasteiger charge is -2.29. The molecule has 2 saturated carbocycles. The summed E-state index contributed by atoms with van der Waals surface area (Å²) in [5, 5.41) is 0. The van der Waals surface area contributed by atoms with Gasteiger partial charge in [-0.05, 0) is 38.0 Å². The number of amides is 1. The fraction of sp³-hybridized carbons (Fsp3) is 0.929. The molecule has 2 unspecified atom stereocenters. The molecule has 18 heavy (non-hydrogen) atoms. The van der Waals surface area contributed by atoms with Crippen molar-refractivity contribution in [2.24, 2.45) is 17.4 Å². The van der Waals surface area contributed by atoms with Crippen LogP contribution in [0, 0.1) is 5.92 Å². The third kappa shape index (κ3) is 3.04. The Labute approximate surface area is 109 Å². The van der Waals surface area contributed by atoms with Gasteiger partial charge in [-0.25, -0.2) is 0 Å². The summed E-state index contributed by atoms with van der Waals surface area (Å²) in [6.07, 6.45) is 10.3. The quantitative estimate of drug-likeness (QED) is 0.784. The molecule has 2 fully saturated rings. The van der Waals surface area contributed by atoms with Gasteiger partial charge in [0.1, 0.15) is 0 Å². The Kier molecular flexibility index (Phi) is 4.62. The van der Waals surface area contributed by atoms with E-state index in [0.717, 1.165) is 32.3 Å². The van der Waals surface area contributed by atoms with Crippen LogP contribution >= 0.6 is 0 Å². The average molecular weight is 254 g/mol. The molecule has 104 valence electrons. The molecule has 4 heteroatoms. The number of carbonyl (C=O) groups excluding carboxylic acids is 1. The molecule has 4 nitrogen and oxygen atoms in total. The van der Waals surface area contributed by atoms with Gasteiger partial charge in [-0.15, -0.1) is 0 Å². The molecule has 0 saturated heterocycles. The van der Waals surface area contributed by atoms with Gasteiger partial charge < -0.3 is 16.2 Å². The molecule has 0 aromatic carbocycles. The van der Waals surface area contributed by atoms with Gasteiger partial charge in [0.15, 0.2) is 0 Å². The van der Waals surface area contributed by atoms with Crippen molar-refractivity contribution in [1.29, 1.82) is 0 Å². The van der Waals surface area contributed by atoms with Crippen LogP contribution in [0.5, 0.6) is 0 Å². The second kappa shape index (κ2) is 6.02. The second-order valence-corrected chi connectivity index (χ2v) is 5.91. The molecule has 0 spiro atoms. The molecule has 2 aliphatic rings. The van der Waals surface area contributed by atoms with Gasteiger partial charge in [0.05, 0.1) is 11.6 Å². The number of hydrogen-bond donors (Lipinski definition) is 2. The van der Waals surface area contributed by atoms with E-state index >= 15 is 0 Å². The van der Waals surface area contributed by atoms with E-state index in [1.165, 1.54) is 32.1 Å². The highest BCUT2D eigenvalue weighted by molar-refractivity contribution is 5.85. The number of nitrogens with two attached hydrogens (primary N) is 2. The maximum atomic E-state index is 11.5. The van der Waals surface area contributed by atoms with E-state index < -0.39 is 5.54 Å². The predicted octanol–water partition coefficient (Wildman–Crippen LogP) is 1.71. The van der Waals surface area contributed by atoms with Crippen molar-refractivity contribution in [3.8, 4) is 0 Å². The van der Waals surface area contributed by atoms with Gasteiger partial charge in [-0.2, -0.15) is 0 Å². The van der Waals surface area contributed by atoms with Crippen LogP contribution in [-0.2, 0) is 9.53 Å². The van der Waals surface area contributed by atoms with Gasteiger partial charge in [-0.3, -0.25) is 4.79 Å². The lowest BCUT2D eigenvalue weighted by molar-refractivity contribution is -0.124. The van der Waals surface area contributed by atoms with Crippen LogP contribution in [0.1, 0.15) is 57.8 Å². The van der Waals surface area contributed by atoms with E-state index in [4.69, 9.17) is 16.2 Å².